The maximum atomic E-state index is 11.8. The molecule has 21 heavy (non-hydrogen) atoms. The Bertz CT molecular complexity index is 739. The van der Waals surface area contributed by atoms with E-state index in [0.717, 1.165) is 11.8 Å². The van der Waals surface area contributed by atoms with Crippen LogP contribution in [0.3, 0.4) is 0 Å². The summed E-state index contributed by atoms with van der Waals surface area (Å²) in [6.45, 7) is 3.46. The first-order valence-electron chi connectivity index (χ1n) is 6.21. The van der Waals surface area contributed by atoms with Crippen molar-refractivity contribution in [1.29, 1.82) is 0 Å². The summed E-state index contributed by atoms with van der Waals surface area (Å²) in [7, 11) is -1.80. The van der Waals surface area contributed by atoms with Crippen LogP contribution in [0.2, 0.25) is 0 Å². The molecule has 2 aromatic rings. The van der Waals surface area contributed by atoms with Crippen molar-refractivity contribution in [2.45, 2.75) is 25.1 Å². The Morgan fingerprint density at radius 2 is 2.10 bits per heavy atom. The minimum absolute atomic E-state index is 0.172. The van der Waals surface area contributed by atoms with Crippen molar-refractivity contribution in [3.63, 3.8) is 0 Å². The Hall–Kier alpha value is -2.03. The molecule has 0 aliphatic heterocycles. The van der Waals surface area contributed by atoms with Crippen molar-refractivity contribution in [3.05, 3.63) is 29.7 Å². The number of ether oxygens (including phenoxy) is 1. The molecule has 2 aromatic heterocycles. The second-order valence-electron chi connectivity index (χ2n) is 5.13. The van der Waals surface area contributed by atoms with E-state index >= 15 is 0 Å². The minimum atomic E-state index is -3.33. The number of tetrazole rings is 1. The van der Waals surface area contributed by atoms with Crippen LogP contribution in [-0.2, 0) is 21.1 Å². The van der Waals surface area contributed by atoms with Gasteiger partial charge < -0.3 is 4.74 Å². The van der Waals surface area contributed by atoms with E-state index < -0.39 is 14.6 Å². The van der Waals surface area contributed by atoms with Gasteiger partial charge in [-0.05, 0) is 30.7 Å². The molecule has 0 spiro atoms. The van der Waals surface area contributed by atoms with E-state index in [-0.39, 0.29) is 5.82 Å². The number of pyridine rings is 1. The van der Waals surface area contributed by atoms with E-state index in [0.29, 0.717) is 12.4 Å². The van der Waals surface area contributed by atoms with Gasteiger partial charge in [-0.2, -0.15) is 4.80 Å². The van der Waals surface area contributed by atoms with Gasteiger partial charge in [-0.1, -0.05) is 0 Å². The molecule has 0 radical (unpaired) electrons. The van der Waals surface area contributed by atoms with Crippen LogP contribution >= 0.6 is 0 Å². The largest absolute Gasteiger partial charge is 0.481 e. The van der Waals surface area contributed by atoms with Crippen LogP contribution in [0.25, 0.3) is 0 Å². The van der Waals surface area contributed by atoms with Gasteiger partial charge in [0.15, 0.2) is 15.7 Å². The molecule has 0 N–H and O–H groups in total. The summed E-state index contributed by atoms with van der Waals surface area (Å²) in [6.07, 6.45) is 2.77. The summed E-state index contributed by atoms with van der Waals surface area (Å²) >= 11 is 0. The van der Waals surface area contributed by atoms with Crippen LogP contribution in [0, 0.1) is 0 Å². The zero-order valence-electron chi connectivity index (χ0n) is 12.3. The number of aromatic nitrogens is 5. The number of sulfone groups is 1. The van der Waals surface area contributed by atoms with Crippen molar-refractivity contribution >= 4 is 9.84 Å². The molecule has 2 heterocycles. The third-order valence-electron chi connectivity index (χ3n) is 3.25. The Morgan fingerprint density at radius 1 is 1.38 bits per heavy atom. The van der Waals surface area contributed by atoms with E-state index in [1.807, 2.05) is 0 Å². The van der Waals surface area contributed by atoms with Gasteiger partial charge in [-0.25, -0.2) is 13.4 Å². The fraction of sp³-hybridized carbons (Fsp3) is 0.500. The lowest BCUT2D eigenvalue weighted by Gasteiger charge is -2.17. The van der Waals surface area contributed by atoms with Gasteiger partial charge in [0, 0.05) is 18.5 Å². The zero-order valence-corrected chi connectivity index (χ0v) is 13.1. The monoisotopic (exact) mass is 311 g/mol. The minimum Gasteiger partial charge on any atom is -0.481 e. The van der Waals surface area contributed by atoms with Crippen LogP contribution in [0.15, 0.2) is 18.3 Å². The fourth-order valence-corrected chi connectivity index (χ4v) is 1.95. The molecule has 114 valence electrons. The molecule has 0 amide bonds. The molecule has 0 aromatic carbocycles. The van der Waals surface area contributed by atoms with Gasteiger partial charge in [0.05, 0.1) is 13.7 Å². The summed E-state index contributed by atoms with van der Waals surface area (Å²) in [5.41, 5.74) is 0.878. The molecule has 0 fully saturated rings. The quantitative estimate of drug-likeness (QED) is 0.788. The average Bonchev–Trinajstić information content (AvgIpc) is 2.86. The fourth-order valence-electron chi connectivity index (χ4n) is 1.54. The highest BCUT2D eigenvalue weighted by Crippen LogP contribution is 2.25. The van der Waals surface area contributed by atoms with E-state index in [2.05, 4.69) is 20.4 Å². The molecular formula is C12H17N5O3S. The van der Waals surface area contributed by atoms with Crippen molar-refractivity contribution in [3.8, 4) is 5.88 Å². The second-order valence-corrected chi connectivity index (χ2v) is 7.70. The molecule has 0 atom stereocenters. The number of hydrogen-bond donors (Lipinski definition) is 0. The predicted octanol–water partition coefficient (Wildman–Crippen LogP) is 0.405. The molecular weight excluding hydrogens is 294 g/mol. The number of nitrogens with zero attached hydrogens (tertiary/aromatic N) is 5. The van der Waals surface area contributed by atoms with Gasteiger partial charge in [-0.15, -0.1) is 10.2 Å². The van der Waals surface area contributed by atoms with Crippen molar-refractivity contribution in [2.24, 2.45) is 0 Å². The first-order valence-corrected chi connectivity index (χ1v) is 8.10. The van der Waals surface area contributed by atoms with E-state index in [9.17, 15) is 8.42 Å². The van der Waals surface area contributed by atoms with Gasteiger partial charge in [0.2, 0.25) is 5.88 Å². The molecule has 0 saturated carbocycles. The lowest BCUT2D eigenvalue weighted by Crippen LogP contribution is -2.29. The van der Waals surface area contributed by atoms with E-state index in [1.165, 1.54) is 11.9 Å². The summed E-state index contributed by atoms with van der Waals surface area (Å²) in [6, 6.07) is 3.55. The summed E-state index contributed by atoms with van der Waals surface area (Å²) in [5, 5.41) is 11.9. The van der Waals surface area contributed by atoms with Crippen LogP contribution in [0.1, 0.15) is 25.2 Å². The van der Waals surface area contributed by atoms with Gasteiger partial charge in [0.1, 0.15) is 4.75 Å². The molecule has 8 nitrogen and oxygen atoms in total. The number of rotatable bonds is 5. The summed E-state index contributed by atoms with van der Waals surface area (Å²) < 4.78 is 27.4. The SMILES string of the molecule is COc1cc(Cn2nnc(C(C)(C)S(C)(=O)=O)n2)ccn1. The predicted molar refractivity (Wildman–Crippen MR) is 75.6 cm³/mol. The van der Waals surface area contributed by atoms with Crippen LogP contribution in [0.4, 0.5) is 0 Å². The van der Waals surface area contributed by atoms with Crippen LogP contribution in [0.5, 0.6) is 5.88 Å². The lowest BCUT2D eigenvalue weighted by molar-refractivity contribution is 0.396. The molecule has 2 rings (SSSR count). The van der Waals surface area contributed by atoms with E-state index in [1.54, 1.807) is 32.2 Å². The first-order chi connectivity index (χ1) is 9.74. The Labute approximate surface area is 123 Å². The van der Waals surface area contributed by atoms with Crippen molar-refractivity contribution in [2.75, 3.05) is 13.4 Å². The lowest BCUT2D eigenvalue weighted by atomic mass is 10.2. The van der Waals surface area contributed by atoms with Crippen LogP contribution in [-0.4, -0.2) is 47.0 Å². The zero-order chi connectivity index (χ0) is 15.7. The number of hydrogen-bond acceptors (Lipinski definition) is 7. The van der Waals surface area contributed by atoms with E-state index in [4.69, 9.17) is 4.74 Å². The Morgan fingerprint density at radius 3 is 2.71 bits per heavy atom. The smallest absolute Gasteiger partial charge is 0.213 e. The highest BCUT2D eigenvalue weighted by Gasteiger charge is 2.37. The highest BCUT2D eigenvalue weighted by molar-refractivity contribution is 7.91. The maximum Gasteiger partial charge on any atom is 0.213 e. The third kappa shape index (κ3) is 3.18. The normalized spacial score (nSPS) is 12.4. The van der Waals surface area contributed by atoms with Gasteiger partial charge in [-0.3, -0.25) is 0 Å². The molecule has 0 aliphatic rings. The topological polar surface area (TPSA) is 99.9 Å². The van der Waals surface area contributed by atoms with Crippen molar-refractivity contribution in [1.82, 2.24) is 25.2 Å². The third-order valence-corrected chi connectivity index (χ3v) is 5.29. The van der Waals surface area contributed by atoms with Gasteiger partial charge in [0.25, 0.3) is 0 Å². The summed E-state index contributed by atoms with van der Waals surface area (Å²) in [5.74, 6) is 0.662. The second kappa shape index (κ2) is 5.40. The first kappa shape index (κ1) is 15.4. The molecule has 9 heteroatoms. The molecule has 0 bridgehead atoms. The maximum absolute atomic E-state index is 11.8. The highest BCUT2D eigenvalue weighted by atomic mass is 32.2. The molecule has 0 saturated heterocycles. The Balaban J connectivity index is 2.24. The van der Waals surface area contributed by atoms with Crippen molar-refractivity contribution < 1.29 is 13.2 Å². The average molecular weight is 311 g/mol. The van der Waals surface area contributed by atoms with Gasteiger partial charge >= 0.3 is 0 Å². The Kier molecular flexibility index (Phi) is 3.95. The molecule has 0 aliphatic carbocycles. The van der Waals surface area contributed by atoms with Crippen LogP contribution < -0.4 is 4.74 Å². The summed E-state index contributed by atoms with van der Waals surface area (Å²) in [4.78, 5) is 5.35. The molecule has 0 unspecified atom stereocenters. The number of methoxy groups -OCH3 is 1. The standard InChI is InChI=1S/C12H17N5O3S/c1-12(2,21(4,18)19)11-14-16-17(15-11)8-9-5-6-13-10(7-9)20-3/h5-7H,8H2,1-4H3.